The molecule has 0 amide bonds. The summed E-state index contributed by atoms with van der Waals surface area (Å²) in [6.45, 7) is 2.03. The number of fused-ring (bicyclic) bond motifs is 1. The molecule has 1 N–H and O–H groups in total. The molecule has 1 heterocycles. The van der Waals surface area contributed by atoms with Crippen molar-refractivity contribution >= 4 is 15.7 Å². The fourth-order valence-electron chi connectivity index (χ4n) is 2.88. The monoisotopic (exact) mass is 333 g/mol. The van der Waals surface area contributed by atoms with E-state index in [2.05, 4.69) is 0 Å². The number of sulfonamides is 1. The summed E-state index contributed by atoms with van der Waals surface area (Å²) >= 11 is 0. The van der Waals surface area contributed by atoms with Crippen LogP contribution in [0, 0.1) is 6.92 Å². The van der Waals surface area contributed by atoms with E-state index in [0.29, 0.717) is 29.0 Å². The summed E-state index contributed by atoms with van der Waals surface area (Å²) in [6.07, 6.45) is -0.339. The topological polar surface area (TPSA) is 66.8 Å². The minimum atomic E-state index is -3.67. The number of benzene rings is 2. The maximum atomic E-state index is 13.0. The lowest BCUT2D eigenvalue weighted by Gasteiger charge is -2.33. The van der Waals surface area contributed by atoms with Gasteiger partial charge >= 0.3 is 0 Å². The molecule has 0 spiro atoms. The second-order valence-corrected chi connectivity index (χ2v) is 7.40. The third-order valence-corrected chi connectivity index (χ3v) is 6.10. The maximum Gasteiger partial charge on any atom is 0.264 e. The van der Waals surface area contributed by atoms with Crippen molar-refractivity contribution in [3.63, 3.8) is 0 Å². The molecule has 2 aromatic rings. The highest BCUT2D eigenvalue weighted by atomic mass is 32.2. The van der Waals surface area contributed by atoms with Crippen LogP contribution in [0.5, 0.6) is 5.75 Å². The third-order valence-electron chi connectivity index (χ3n) is 4.13. The molecule has 2 aromatic carbocycles. The van der Waals surface area contributed by atoms with Crippen LogP contribution in [0.4, 0.5) is 5.69 Å². The fourth-order valence-corrected chi connectivity index (χ4v) is 4.62. The number of nitrogens with zero attached hydrogens (tertiary/aromatic N) is 1. The molecule has 0 aliphatic carbocycles. The quantitative estimate of drug-likeness (QED) is 0.938. The van der Waals surface area contributed by atoms with Crippen molar-refractivity contribution in [1.29, 1.82) is 0 Å². The minimum Gasteiger partial charge on any atom is -0.497 e. The number of hydrogen-bond donors (Lipinski definition) is 1. The van der Waals surface area contributed by atoms with Gasteiger partial charge in [-0.1, -0.05) is 18.2 Å². The molecule has 23 heavy (non-hydrogen) atoms. The first-order valence-electron chi connectivity index (χ1n) is 7.39. The SMILES string of the molecule is COc1ccc2c(c1)C(O)CCN2S(=O)(=O)c1ccccc1C. The Morgan fingerprint density at radius 3 is 2.65 bits per heavy atom. The zero-order valence-corrected chi connectivity index (χ0v) is 13.9. The Morgan fingerprint density at radius 2 is 1.96 bits per heavy atom. The Bertz CT molecular complexity index is 832. The Kier molecular flexibility index (Phi) is 4.04. The molecule has 3 rings (SSSR count). The van der Waals surface area contributed by atoms with Gasteiger partial charge in [0.1, 0.15) is 5.75 Å². The van der Waals surface area contributed by atoms with Crippen LogP contribution in [0.3, 0.4) is 0 Å². The van der Waals surface area contributed by atoms with Crippen molar-refractivity contribution in [3.05, 3.63) is 53.6 Å². The highest BCUT2D eigenvalue weighted by Gasteiger charge is 2.33. The Labute approximate surface area is 136 Å². The predicted octanol–water partition coefficient (Wildman–Crippen LogP) is 2.64. The number of rotatable bonds is 3. The molecule has 6 heteroatoms. The average molecular weight is 333 g/mol. The van der Waals surface area contributed by atoms with Gasteiger partial charge in [-0.15, -0.1) is 0 Å². The number of aryl methyl sites for hydroxylation is 1. The van der Waals surface area contributed by atoms with Crippen LogP contribution in [0.25, 0.3) is 0 Å². The molecule has 1 unspecified atom stereocenters. The summed E-state index contributed by atoms with van der Waals surface area (Å²) in [6, 6.07) is 12.0. The molecule has 0 fully saturated rings. The van der Waals surface area contributed by atoms with Crippen LogP contribution in [-0.4, -0.2) is 27.2 Å². The second kappa shape index (κ2) is 5.86. The first-order chi connectivity index (χ1) is 10.9. The maximum absolute atomic E-state index is 13.0. The van der Waals surface area contributed by atoms with Crippen molar-refractivity contribution in [2.75, 3.05) is 18.0 Å². The number of hydrogen-bond acceptors (Lipinski definition) is 4. The van der Waals surface area contributed by atoms with E-state index in [-0.39, 0.29) is 11.4 Å². The van der Waals surface area contributed by atoms with Gasteiger partial charge < -0.3 is 9.84 Å². The number of ether oxygens (including phenoxy) is 1. The zero-order chi connectivity index (χ0) is 16.6. The first-order valence-corrected chi connectivity index (χ1v) is 8.83. The van der Waals surface area contributed by atoms with E-state index in [1.807, 2.05) is 6.07 Å². The standard InChI is InChI=1S/C17H19NO4S/c1-12-5-3-4-6-17(12)23(20,21)18-10-9-16(19)14-11-13(22-2)7-8-15(14)18/h3-8,11,16,19H,9-10H2,1-2H3. The van der Waals surface area contributed by atoms with Crippen LogP contribution >= 0.6 is 0 Å². The van der Waals surface area contributed by atoms with Gasteiger partial charge in [-0.3, -0.25) is 4.31 Å². The number of anilines is 1. The Hall–Kier alpha value is -2.05. The summed E-state index contributed by atoms with van der Waals surface area (Å²) in [7, 11) is -2.13. The molecule has 1 aliphatic heterocycles. The molecular weight excluding hydrogens is 314 g/mol. The molecule has 1 atom stereocenters. The summed E-state index contributed by atoms with van der Waals surface area (Å²) in [5.74, 6) is 0.595. The summed E-state index contributed by atoms with van der Waals surface area (Å²) in [4.78, 5) is 0.290. The van der Waals surface area contributed by atoms with Crippen LogP contribution in [0.15, 0.2) is 47.4 Å². The van der Waals surface area contributed by atoms with Gasteiger partial charge in [-0.2, -0.15) is 0 Å². The summed E-state index contributed by atoms with van der Waals surface area (Å²) in [5.41, 5.74) is 1.79. The van der Waals surface area contributed by atoms with Gasteiger partial charge in [0.05, 0.1) is 23.8 Å². The molecule has 0 saturated heterocycles. The molecule has 122 valence electrons. The van der Waals surface area contributed by atoms with Crippen molar-refractivity contribution in [3.8, 4) is 5.75 Å². The molecule has 0 radical (unpaired) electrons. The third kappa shape index (κ3) is 2.68. The van der Waals surface area contributed by atoms with Gasteiger partial charge in [-0.25, -0.2) is 8.42 Å². The van der Waals surface area contributed by atoms with Crippen LogP contribution < -0.4 is 9.04 Å². The van der Waals surface area contributed by atoms with Crippen molar-refractivity contribution in [2.24, 2.45) is 0 Å². The van der Waals surface area contributed by atoms with E-state index in [1.54, 1.807) is 50.4 Å². The Balaban J connectivity index is 2.12. The average Bonchev–Trinajstić information content (AvgIpc) is 2.55. The van der Waals surface area contributed by atoms with Crippen molar-refractivity contribution in [2.45, 2.75) is 24.3 Å². The molecule has 5 nitrogen and oxygen atoms in total. The van der Waals surface area contributed by atoms with Gasteiger partial charge in [0.15, 0.2) is 0 Å². The van der Waals surface area contributed by atoms with Crippen molar-refractivity contribution in [1.82, 2.24) is 0 Å². The van der Waals surface area contributed by atoms with E-state index in [1.165, 1.54) is 4.31 Å². The van der Waals surface area contributed by atoms with Crippen LogP contribution in [0.1, 0.15) is 23.7 Å². The second-order valence-electron chi connectivity index (χ2n) is 5.57. The van der Waals surface area contributed by atoms with E-state index < -0.39 is 16.1 Å². The lowest BCUT2D eigenvalue weighted by molar-refractivity contribution is 0.166. The van der Waals surface area contributed by atoms with Gasteiger partial charge in [0.25, 0.3) is 10.0 Å². The van der Waals surface area contributed by atoms with Crippen LogP contribution in [0.2, 0.25) is 0 Å². The van der Waals surface area contributed by atoms with Gasteiger partial charge in [-0.05, 0) is 43.2 Å². The highest BCUT2D eigenvalue weighted by Crippen LogP contribution is 2.39. The molecule has 0 aromatic heterocycles. The van der Waals surface area contributed by atoms with E-state index in [9.17, 15) is 13.5 Å². The fraction of sp³-hybridized carbons (Fsp3) is 0.294. The van der Waals surface area contributed by atoms with E-state index >= 15 is 0 Å². The van der Waals surface area contributed by atoms with Gasteiger partial charge in [0, 0.05) is 12.1 Å². The molecule has 0 saturated carbocycles. The molecular formula is C17H19NO4S. The summed E-state index contributed by atoms with van der Waals surface area (Å²) in [5, 5.41) is 10.2. The van der Waals surface area contributed by atoms with Gasteiger partial charge in [0.2, 0.25) is 0 Å². The number of methoxy groups -OCH3 is 1. The first kappa shape index (κ1) is 15.8. The highest BCUT2D eigenvalue weighted by molar-refractivity contribution is 7.92. The van der Waals surface area contributed by atoms with Crippen molar-refractivity contribution < 1.29 is 18.3 Å². The normalized spacial score (nSPS) is 17.7. The molecule has 1 aliphatic rings. The number of aliphatic hydroxyl groups excluding tert-OH is 1. The minimum absolute atomic E-state index is 0.247. The van der Waals surface area contributed by atoms with E-state index in [0.717, 1.165) is 0 Å². The lowest BCUT2D eigenvalue weighted by atomic mass is 10.0. The number of aliphatic hydroxyl groups is 1. The smallest absolute Gasteiger partial charge is 0.264 e. The largest absolute Gasteiger partial charge is 0.497 e. The molecule has 0 bridgehead atoms. The zero-order valence-electron chi connectivity index (χ0n) is 13.1. The van der Waals surface area contributed by atoms with E-state index in [4.69, 9.17) is 4.74 Å². The predicted molar refractivity (Wildman–Crippen MR) is 88.3 cm³/mol. The lowest BCUT2D eigenvalue weighted by Crippen LogP contribution is -2.37. The van der Waals surface area contributed by atoms with Crippen LogP contribution in [-0.2, 0) is 10.0 Å². The Morgan fingerprint density at radius 1 is 1.22 bits per heavy atom. The summed E-state index contributed by atoms with van der Waals surface area (Å²) < 4.78 is 32.6.